The molecule has 0 bridgehead atoms. The van der Waals surface area contributed by atoms with Crippen LogP contribution in [0.2, 0.25) is 5.02 Å². The van der Waals surface area contributed by atoms with Gasteiger partial charge in [-0.1, -0.05) is 36.6 Å². The first kappa shape index (κ1) is 17.1. The molecule has 1 aromatic carbocycles. The molecule has 0 aliphatic heterocycles. The molecule has 0 radical (unpaired) electrons. The highest BCUT2D eigenvalue weighted by Gasteiger charge is 2.26. The van der Waals surface area contributed by atoms with E-state index in [1.807, 2.05) is 0 Å². The van der Waals surface area contributed by atoms with E-state index >= 15 is 0 Å². The molecular weight excluding hydrogens is 304 g/mol. The van der Waals surface area contributed by atoms with Gasteiger partial charge < -0.3 is 20.5 Å². The highest BCUT2D eigenvalue weighted by molar-refractivity contribution is 6.30. The molecule has 2 rings (SSSR count). The molecule has 3 N–H and O–H groups in total. The van der Waals surface area contributed by atoms with Gasteiger partial charge in [0.1, 0.15) is 0 Å². The maximum absolute atomic E-state index is 12.0. The molecule has 6 heteroatoms. The lowest BCUT2D eigenvalue weighted by atomic mass is 9.92. The Kier molecular flexibility index (Phi) is 6.49. The zero-order chi connectivity index (χ0) is 15.9. The molecule has 3 atom stereocenters. The van der Waals surface area contributed by atoms with E-state index in [1.54, 1.807) is 31.4 Å². The van der Waals surface area contributed by atoms with E-state index in [2.05, 4.69) is 10.6 Å². The third-order valence-electron chi connectivity index (χ3n) is 4.03. The SMILES string of the molecule is COC1CCCCC1NC(=O)NCC(O)c1ccc(Cl)cc1. The Bertz CT molecular complexity index is 481. The number of carbonyl (C=O) groups is 1. The molecule has 0 spiro atoms. The van der Waals surface area contributed by atoms with Gasteiger partial charge in [0.2, 0.25) is 0 Å². The molecule has 5 nitrogen and oxygen atoms in total. The summed E-state index contributed by atoms with van der Waals surface area (Å²) in [6.45, 7) is 0.151. The van der Waals surface area contributed by atoms with Crippen molar-refractivity contribution < 1.29 is 14.6 Å². The summed E-state index contributed by atoms with van der Waals surface area (Å²) in [7, 11) is 1.67. The number of rotatable bonds is 5. The van der Waals surface area contributed by atoms with Crippen LogP contribution in [0.1, 0.15) is 37.4 Å². The molecule has 1 aliphatic rings. The fourth-order valence-electron chi connectivity index (χ4n) is 2.76. The highest BCUT2D eigenvalue weighted by Crippen LogP contribution is 2.20. The highest BCUT2D eigenvalue weighted by atomic mass is 35.5. The number of benzene rings is 1. The standard InChI is InChI=1S/C16H23ClN2O3/c1-22-15-5-3-2-4-13(15)19-16(21)18-10-14(20)11-6-8-12(17)9-7-11/h6-9,13-15,20H,2-5,10H2,1H3,(H2,18,19,21). The Morgan fingerprint density at radius 2 is 2.05 bits per heavy atom. The van der Waals surface area contributed by atoms with E-state index in [-0.39, 0.29) is 24.7 Å². The number of amides is 2. The Morgan fingerprint density at radius 1 is 1.36 bits per heavy atom. The third kappa shape index (κ3) is 4.87. The van der Waals surface area contributed by atoms with Crippen LogP contribution in [0.3, 0.4) is 0 Å². The number of aliphatic hydroxyl groups excluding tert-OH is 1. The minimum Gasteiger partial charge on any atom is -0.387 e. The number of ether oxygens (including phenoxy) is 1. The second-order valence-corrected chi connectivity index (χ2v) is 6.02. The quantitative estimate of drug-likeness (QED) is 0.779. The third-order valence-corrected chi connectivity index (χ3v) is 4.28. The molecule has 0 heterocycles. The predicted octanol–water partition coefficient (Wildman–Crippen LogP) is 2.63. The van der Waals surface area contributed by atoms with Gasteiger partial charge in [-0.3, -0.25) is 0 Å². The lowest BCUT2D eigenvalue weighted by molar-refractivity contribution is 0.0450. The average Bonchev–Trinajstić information content (AvgIpc) is 2.54. The van der Waals surface area contributed by atoms with Gasteiger partial charge in [-0.25, -0.2) is 4.79 Å². The maximum atomic E-state index is 12.0. The second-order valence-electron chi connectivity index (χ2n) is 5.59. The number of hydrogen-bond donors (Lipinski definition) is 3. The average molecular weight is 327 g/mol. The van der Waals surface area contributed by atoms with Crippen molar-refractivity contribution in [2.75, 3.05) is 13.7 Å². The molecule has 22 heavy (non-hydrogen) atoms. The number of carbonyl (C=O) groups excluding carboxylic acids is 1. The lowest BCUT2D eigenvalue weighted by Crippen LogP contribution is -2.50. The minimum atomic E-state index is -0.757. The summed E-state index contributed by atoms with van der Waals surface area (Å²) in [5, 5.41) is 16.3. The molecule has 3 unspecified atom stereocenters. The number of aliphatic hydroxyl groups is 1. The minimum absolute atomic E-state index is 0.0337. The molecule has 122 valence electrons. The summed E-state index contributed by atoms with van der Waals surface area (Å²) in [6, 6.07) is 6.67. The maximum Gasteiger partial charge on any atom is 0.315 e. The van der Waals surface area contributed by atoms with Crippen LogP contribution in [0.25, 0.3) is 0 Å². The van der Waals surface area contributed by atoms with Gasteiger partial charge in [-0.05, 0) is 30.5 Å². The molecule has 1 aromatic rings. The number of halogens is 1. The fourth-order valence-corrected chi connectivity index (χ4v) is 2.88. The Hall–Kier alpha value is -1.30. The zero-order valence-corrected chi connectivity index (χ0v) is 13.5. The van der Waals surface area contributed by atoms with Gasteiger partial charge in [0.25, 0.3) is 0 Å². The summed E-state index contributed by atoms with van der Waals surface area (Å²) in [4.78, 5) is 12.0. The normalized spacial score (nSPS) is 22.9. The number of methoxy groups -OCH3 is 1. The Balaban J connectivity index is 1.78. The van der Waals surface area contributed by atoms with Gasteiger partial charge in [0.15, 0.2) is 0 Å². The summed E-state index contributed by atoms with van der Waals surface area (Å²) in [5.74, 6) is 0. The Labute approximate surface area is 136 Å². The fraction of sp³-hybridized carbons (Fsp3) is 0.562. The predicted molar refractivity (Wildman–Crippen MR) is 86.0 cm³/mol. The topological polar surface area (TPSA) is 70.6 Å². The van der Waals surface area contributed by atoms with Crippen LogP contribution < -0.4 is 10.6 Å². The smallest absolute Gasteiger partial charge is 0.315 e. The van der Waals surface area contributed by atoms with Crippen molar-refractivity contribution in [1.82, 2.24) is 10.6 Å². The summed E-state index contributed by atoms with van der Waals surface area (Å²) >= 11 is 5.81. The van der Waals surface area contributed by atoms with Crippen molar-refractivity contribution in [3.8, 4) is 0 Å². The van der Waals surface area contributed by atoms with Crippen LogP contribution in [0.15, 0.2) is 24.3 Å². The van der Waals surface area contributed by atoms with E-state index in [1.165, 1.54) is 0 Å². The monoisotopic (exact) mass is 326 g/mol. The van der Waals surface area contributed by atoms with Gasteiger partial charge in [0, 0.05) is 18.7 Å². The van der Waals surface area contributed by atoms with Crippen molar-refractivity contribution in [1.29, 1.82) is 0 Å². The van der Waals surface area contributed by atoms with Crippen LogP contribution in [0.4, 0.5) is 4.79 Å². The number of hydrogen-bond acceptors (Lipinski definition) is 3. The van der Waals surface area contributed by atoms with Gasteiger partial charge in [0.05, 0.1) is 18.2 Å². The number of urea groups is 1. The van der Waals surface area contributed by atoms with E-state index in [0.717, 1.165) is 31.2 Å². The molecule has 0 saturated heterocycles. The lowest BCUT2D eigenvalue weighted by Gasteiger charge is -2.31. The van der Waals surface area contributed by atoms with Crippen LogP contribution in [-0.2, 0) is 4.74 Å². The van der Waals surface area contributed by atoms with Crippen molar-refractivity contribution in [2.45, 2.75) is 43.9 Å². The molecule has 2 amide bonds. The Morgan fingerprint density at radius 3 is 2.73 bits per heavy atom. The van der Waals surface area contributed by atoms with Crippen LogP contribution in [0.5, 0.6) is 0 Å². The summed E-state index contributed by atoms with van der Waals surface area (Å²) < 4.78 is 5.41. The molecule has 1 aliphatic carbocycles. The number of nitrogens with one attached hydrogen (secondary N) is 2. The van der Waals surface area contributed by atoms with E-state index in [4.69, 9.17) is 16.3 Å². The summed E-state index contributed by atoms with van der Waals surface area (Å²) in [5.41, 5.74) is 0.720. The van der Waals surface area contributed by atoms with Gasteiger partial charge in [-0.2, -0.15) is 0 Å². The van der Waals surface area contributed by atoms with Crippen molar-refractivity contribution in [3.05, 3.63) is 34.9 Å². The van der Waals surface area contributed by atoms with E-state index < -0.39 is 6.10 Å². The van der Waals surface area contributed by atoms with Crippen molar-refractivity contribution in [3.63, 3.8) is 0 Å². The van der Waals surface area contributed by atoms with E-state index in [9.17, 15) is 9.90 Å². The first-order chi connectivity index (χ1) is 10.6. The molecule has 1 saturated carbocycles. The molecular formula is C16H23ClN2O3. The van der Waals surface area contributed by atoms with Crippen molar-refractivity contribution in [2.24, 2.45) is 0 Å². The first-order valence-electron chi connectivity index (χ1n) is 7.61. The van der Waals surface area contributed by atoms with Gasteiger partial charge >= 0.3 is 6.03 Å². The largest absolute Gasteiger partial charge is 0.387 e. The van der Waals surface area contributed by atoms with Crippen LogP contribution in [0, 0.1) is 0 Å². The van der Waals surface area contributed by atoms with Gasteiger partial charge in [-0.15, -0.1) is 0 Å². The second kappa shape index (κ2) is 8.36. The first-order valence-corrected chi connectivity index (χ1v) is 7.98. The van der Waals surface area contributed by atoms with E-state index in [0.29, 0.717) is 5.02 Å². The molecule has 1 fully saturated rings. The zero-order valence-electron chi connectivity index (χ0n) is 12.7. The van der Waals surface area contributed by atoms with Crippen molar-refractivity contribution >= 4 is 17.6 Å². The summed E-state index contributed by atoms with van der Waals surface area (Å²) in [6.07, 6.45) is 3.43. The molecule has 0 aromatic heterocycles. The van der Waals surface area contributed by atoms with Crippen LogP contribution >= 0.6 is 11.6 Å². The van der Waals surface area contributed by atoms with Crippen LogP contribution in [-0.4, -0.2) is 36.9 Å².